The number of hydrogen-bond acceptors (Lipinski definition) is 7. The number of nitrogens with one attached hydrogen (secondary N) is 1. The summed E-state index contributed by atoms with van der Waals surface area (Å²) in [7, 11) is 0. The summed E-state index contributed by atoms with van der Waals surface area (Å²) in [6, 6.07) is 9.49. The van der Waals surface area contributed by atoms with Crippen molar-refractivity contribution in [3.05, 3.63) is 69.6 Å². The van der Waals surface area contributed by atoms with Gasteiger partial charge in [-0.25, -0.2) is 14.8 Å². The van der Waals surface area contributed by atoms with E-state index in [4.69, 9.17) is 4.74 Å². The summed E-state index contributed by atoms with van der Waals surface area (Å²) in [4.78, 5) is 22.8. The summed E-state index contributed by atoms with van der Waals surface area (Å²) in [5.74, 6) is 0.394. The topological polar surface area (TPSA) is 81.4 Å². The van der Waals surface area contributed by atoms with Crippen LogP contribution in [0, 0.1) is 27.7 Å². The Morgan fingerprint density at radius 1 is 1.19 bits per heavy atom. The summed E-state index contributed by atoms with van der Waals surface area (Å²) in [5, 5.41) is 5.46. The molecule has 0 aliphatic rings. The molecule has 0 saturated carbocycles. The number of benzene rings is 1. The molecule has 0 unspecified atom stereocenters. The SMILES string of the molecule is CCOC(=O)c1ccc(-n2c(C)cc(/C=N/Nc3ncnc4sc(C)c(C)c34)c2C)cc1. The van der Waals surface area contributed by atoms with Gasteiger partial charge in [-0.2, -0.15) is 5.10 Å². The van der Waals surface area contributed by atoms with Crippen LogP contribution in [-0.2, 0) is 4.74 Å². The van der Waals surface area contributed by atoms with Crippen LogP contribution in [0.25, 0.3) is 15.9 Å². The van der Waals surface area contributed by atoms with Gasteiger partial charge in [-0.15, -0.1) is 11.3 Å². The Morgan fingerprint density at radius 2 is 1.94 bits per heavy atom. The highest BCUT2D eigenvalue weighted by Crippen LogP contribution is 2.32. The van der Waals surface area contributed by atoms with E-state index in [1.54, 1.807) is 42.9 Å². The predicted octanol–water partition coefficient (Wildman–Crippen LogP) is 5.34. The number of hydrogen-bond donors (Lipinski definition) is 1. The van der Waals surface area contributed by atoms with E-state index >= 15 is 0 Å². The third-order valence-corrected chi connectivity index (χ3v) is 6.56. The summed E-state index contributed by atoms with van der Waals surface area (Å²) >= 11 is 1.66. The van der Waals surface area contributed by atoms with E-state index in [-0.39, 0.29) is 5.97 Å². The maximum atomic E-state index is 11.9. The van der Waals surface area contributed by atoms with Gasteiger partial charge in [0.25, 0.3) is 0 Å². The second-order valence-corrected chi connectivity index (χ2v) is 8.69. The van der Waals surface area contributed by atoms with Crippen molar-refractivity contribution in [1.82, 2.24) is 14.5 Å². The Labute approximate surface area is 190 Å². The second kappa shape index (κ2) is 8.92. The molecule has 4 aromatic rings. The molecule has 7 nitrogen and oxygen atoms in total. The lowest BCUT2D eigenvalue weighted by Crippen LogP contribution is -2.05. The van der Waals surface area contributed by atoms with E-state index in [1.807, 2.05) is 26.0 Å². The molecule has 0 aliphatic carbocycles. The first-order valence-electron chi connectivity index (χ1n) is 10.4. The maximum Gasteiger partial charge on any atom is 0.338 e. The van der Waals surface area contributed by atoms with Gasteiger partial charge in [0.1, 0.15) is 11.2 Å². The molecule has 3 heterocycles. The Bertz CT molecular complexity index is 1320. The van der Waals surface area contributed by atoms with Crippen LogP contribution in [0.5, 0.6) is 0 Å². The van der Waals surface area contributed by atoms with Gasteiger partial charge in [0, 0.05) is 27.5 Å². The minimum Gasteiger partial charge on any atom is -0.462 e. The van der Waals surface area contributed by atoms with Gasteiger partial charge in [-0.1, -0.05) is 0 Å². The number of carbonyl (C=O) groups excluding carboxylic acids is 1. The van der Waals surface area contributed by atoms with Gasteiger partial charge in [-0.3, -0.25) is 5.43 Å². The second-order valence-electron chi connectivity index (χ2n) is 7.48. The van der Waals surface area contributed by atoms with Crippen molar-refractivity contribution in [3.8, 4) is 5.69 Å². The quantitative estimate of drug-likeness (QED) is 0.245. The average molecular weight is 448 g/mol. The number of anilines is 1. The fourth-order valence-corrected chi connectivity index (χ4v) is 4.70. The predicted molar refractivity (Wildman–Crippen MR) is 129 cm³/mol. The number of aromatic nitrogens is 3. The van der Waals surface area contributed by atoms with Gasteiger partial charge in [-0.05, 0) is 70.5 Å². The number of esters is 1. The van der Waals surface area contributed by atoms with Crippen molar-refractivity contribution in [2.24, 2.45) is 5.10 Å². The number of aryl methyl sites for hydroxylation is 3. The zero-order chi connectivity index (χ0) is 22.8. The van der Waals surface area contributed by atoms with Crippen LogP contribution in [0.1, 0.15) is 44.7 Å². The molecular formula is C24H25N5O2S. The van der Waals surface area contributed by atoms with Crippen molar-refractivity contribution in [3.63, 3.8) is 0 Å². The number of hydrazone groups is 1. The number of thiophene rings is 1. The van der Waals surface area contributed by atoms with Crippen LogP contribution >= 0.6 is 11.3 Å². The van der Waals surface area contributed by atoms with Crippen molar-refractivity contribution >= 4 is 39.6 Å². The van der Waals surface area contributed by atoms with E-state index in [9.17, 15) is 4.79 Å². The van der Waals surface area contributed by atoms with Crippen LogP contribution in [0.3, 0.4) is 0 Å². The Balaban J connectivity index is 1.57. The third-order valence-electron chi connectivity index (χ3n) is 5.45. The highest BCUT2D eigenvalue weighted by molar-refractivity contribution is 7.18. The highest BCUT2D eigenvalue weighted by Gasteiger charge is 2.13. The number of nitrogens with zero attached hydrogens (tertiary/aromatic N) is 4. The average Bonchev–Trinajstić information content (AvgIpc) is 3.23. The largest absolute Gasteiger partial charge is 0.462 e. The molecule has 1 aromatic carbocycles. The monoisotopic (exact) mass is 447 g/mol. The zero-order valence-corrected chi connectivity index (χ0v) is 19.6. The standard InChI is InChI=1S/C24H25N5O2S/c1-6-31-24(30)18-7-9-20(10-8-18)29-14(2)11-19(16(29)4)12-27-28-22-21-15(3)17(5)32-23(21)26-13-25-22/h7-13H,6H2,1-5H3,(H,25,26,28)/b27-12+. The van der Waals surface area contributed by atoms with E-state index in [2.05, 4.69) is 45.0 Å². The molecule has 0 bridgehead atoms. The molecular weight excluding hydrogens is 422 g/mol. The number of carbonyl (C=O) groups is 1. The molecule has 1 N–H and O–H groups in total. The molecule has 8 heteroatoms. The molecule has 0 saturated heterocycles. The summed E-state index contributed by atoms with van der Waals surface area (Å²) in [6.07, 6.45) is 3.36. The van der Waals surface area contributed by atoms with Crippen molar-refractivity contribution in [2.75, 3.05) is 12.0 Å². The van der Waals surface area contributed by atoms with Gasteiger partial charge in [0.15, 0.2) is 5.82 Å². The molecule has 0 spiro atoms. The summed E-state index contributed by atoms with van der Waals surface area (Å²) in [5.41, 5.74) is 8.88. The van der Waals surface area contributed by atoms with Crippen LogP contribution in [0.15, 0.2) is 41.8 Å². The summed E-state index contributed by atoms with van der Waals surface area (Å²) in [6.45, 7) is 10.4. The third kappa shape index (κ3) is 4.01. The van der Waals surface area contributed by atoms with E-state index in [1.165, 1.54) is 10.4 Å². The van der Waals surface area contributed by atoms with Gasteiger partial charge >= 0.3 is 5.97 Å². The number of ether oxygens (including phenoxy) is 1. The first-order chi connectivity index (χ1) is 15.4. The highest BCUT2D eigenvalue weighted by atomic mass is 32.1. The Hall–Kier alpha value is -3.52. The molecule has 0 aliphatic heterocycles. The van der Waals surface area contributed by atoms with Crippen LogP contribution in [-0.4, -0.2) is 33.3 Å². The summed E-state index contributed by atoms with van der Waals surface area (Å²) < 4.78 is 7.19. The minimum absolute atomic E-state index is 0.311. The molecule has 0 radical (unpaired) electrons. The van der Waals surface area contributed by atoms with Crippen molar-refractivity contribution in [2.45, 2.75) is 34.6 Å². The van der Waals surface area contributed by atoms with Crippen LogP contribution in [0.2, 0.25) is 0 Å². The number of rotatable bonds is 6. The molecule has 3 aromatic heterocycles. The normalized spacial score (nSPS) is 11.4. The molecule has 0 fully saturated rings. The van der Waals surface area contributed by atoms with Gasteiger partial charge in [0.05, 0.1) is 23.8 Å². The molecule has 164 valence electrons. The van der Waals surface area contributed by atoms with Gasteiger partial charge < -0.3 is 9.30 Å². The van der Waals surface area contributed by atoms with Crippen molar-refractivity contribution in [1.29, 1.82) is 0 Å². The molecule has 32 heavy (non-hydrogen) atoms. The van der Waals surface area contributed by atoms with E-state index in [0.717, 1.165) is 32.9 Å². The van der Waals surface area contributed by atoms with E-state index < -0.39 is 0 Å². The molecule has 0 amide bonds. The Kier molecular flexibility index (Phi) is 6.05. The maximum absolute atomic E-state index is 11.9. The van der Waals surface area contributed by atoms with Crippen molar-refractivity contribution < 1.29 is 9.53 Å². The first-order valence-corrected chi connectivity index (χ1v) is 11.2. The Morgan fingerprint density at radius 3 is 2.66 bits per heavy atom. The van der Waals surface area contributed by atoms with E-state index in [0.29, 0.717) is 18.0 Å². The van der Waals surface area contributed by atoms with Gasteiger partial charge in [0.2, 0.25) is 0 Å². The molecule has 4 rings (SSSR count). The number of fused-ring (bicyclic) bond motifs is 1. The lowest BCUT2D eigenvalue weighted by atomic mass is 10.2. The van der Waals surface area contributed by atoms with Crippen LogP contribution in [0.4, 0.5) is 5.82 Å². The lowest BCUT2D eigenvalue weighted by Gasteiger charge is -2.10. The first kappa shape index (κ1) is 21.7. The lowest BCUT2D eigenvalue weighted by molar-refractivity contribution is 0.0526. The molecule has 0 atom stereocenters. The fraction of sp³-hybridized carbons (Fsp3) is 0.250. The minimum atomic E-state index is -0.311. The zero-order valence-electron chi connectivity index (χ0n) is 18.8. The smallest absolute Gasteiger partial charge is 0.338 e. The van der Waals surface area contributed by atoms with Crippen LogP contribution < -0.4 is 5.43 Å². The fourth-order valence-electron chi connectivity index (χ4n) is 3.71.